The summed E-state index contributed by atoms with van der Waals surface area (Å²) in [7, 11) is 1.63. The predicted molar refractivity (Wildman–Crippen MR) is 148 cm³/mol. The van der Waals surface area contributed by atoms with E-state index in [1.165, 1.54) is 31.0 Å². The van der Waals surface area contributed by atoms with Crippen LogP contribution in [0.25, 0.3) is 11.3 Å². The van der Waals surface area contributed by atoms with Crippen LogP contribution in [0.5, 0.6) is 0 Å². The Morgan fingerprint density at radius 1 is 1.09 bits per heavy atom. The van der Waals surface area contributed by atoms with E-state index in [1.807, 2.05) is 31.3 Å². The van der Waals surface area contributed by atoms with Gasteiger partial charge in [0.1, 0.15) is 0 Å². The maximum atomic E-state index is 8.36. The van der Waals surface area contributed by atoms with Crippen molar-refractivity contribution in [2.75, 3.05) is 19.4 Å². The summed E-state index contributed by atoms with van der Waals surface area (Å²) in [5.74, 6) is -0.349. The molecule has 4 rings (SSSR count). The number of hydrogen-bond acceptors (Lipinski definition) is 8. The average molecular weight is 507 g/mol. The molecule has 2 aromatic carbocycles. The summed E-state index contributed by atoms with van der Waals surface area (Å²) < 4.78 is 5.48. The van der Waals surface area contributed by atoms with Gasteiger partial charge in [-0.25, -0.2) is 9.97 Å². The van der Waals surface area contributed by atoms with E-state index in [-0.39, 0.29) is 30.4 Å². The van der Waals surface area contributed by atoms with E-state index in [4.69, 9.17) is 21.3 Å². The maximum absolute atomic E-state index is 8.36. The molecule has 0 saturated heterocycles. The van der Waals surface area contributed by atoms with Crippen LogP contribution in [0, 0.1) is 10.8 Å². The molecule has 0 radical (unpaired) electrons. The molecule has 5 N–H and O–H groups in total. The van der Waals surface area contributed by atoms with Gasteiger partial charge in [0.15, 0.2) is 11.5 Å². The summed E-state index contributed by atoms with van der Waals surface area (Å²) >= 11 is 2.13. The molecule has 1 aliphatic rings. The number of hydrogen-bond donors (Lipinski definition) is 4. The Hall–Kier alpha value is -2.80. The number of benzene rings is 2. The van der Waals surface area contributed by atoms with Gasteiger partial charge in [-0.1, -0.05) is 49.2 Å². The minimum atomic E-state index is -0.303. The lowest BCUT2D eigenvalue weighted by Gasteiger charge is -2.17. The molecule has 182 valence electrons. The molecule has 1 atom stereocenters. The first-order valence-electron chi connectivity index (χ1n) is 11.7. The fraction of sp³-hybridized carbons (Fsp3) is 0.308. The van der Waals surface area contributed by atoms with Crippen molar-refractivity contribution in [3.8, 4) is 11.3 Å². The monoisotopic (exact) mass is 506 g/mol. The van der Waals surface area contributed by atoms with E-state index in [2.05, 4.69) is 45.5 Å². The van der Waals surface area contributed by atoms with Crippen LogP contribution in [0.15, 0.2) is 54.7 Å². The summed E-state index contributed by atoms with van der Waals surface area (Å²) in [5, 5.41) is 21.8. The maximum Gasteiger partial charge on any atom is 0.243 e. The van der Waals surface area contributed by atoms with Gasteiger partial charge in [-0.05, 0) is 56.7 Å². The van der Waals surface area contributed by atoms with Gasteiger partial charge < -0.3 is 15.8 Å². The Bertz CT molecular complexity index is 1180. The number of rotatable bonds is 8. The second kappa shape index (κ2) is 11.8. The second-order valence-corrected chi connectivity index (χ2v) is 13.2. The molecule has 0 aliphatic heterocycles. The topological polar surface area (TPSA) is 121 Å². The number of aromatic nitrogens is 2. The SMILES string of the molecule is CNCc1ccc(C(=N)OC(=N)c2nc(-c3ccc(P(C)SC4CCCC4)cc3)cnc2N)cc1. The first-order valence-corrected chi connectivity index (χ1v) is 14.9. The normalized spacial score (nSPS) is 14.6. The summed E-state index contributed by atoms with van der Waals surface area (Å²) in [4.78, 5) is 8.78. The summed E-state index contributed by atoms with van der Waals surface area (Å²) in [6.45, 7) is 3.07. The van der Waals surface area contributed by atoms with E-state index >= 15 is 0 Å². The molecule has 35 heavy (non-hydrogen) atoms. The van der Waals surface area contributed by atoms with Gasteiger partial charge in [0.05, 0.1) is 11.9 Å². The Balaban J connectivity index is 1.45. The highest BCUT2D eigenvalue weighted by molar-refractivity contribution is 8.58. The molecule has 9 heteroatoms. The van der Waals surface area contributed by atoms with E-state index in [1.54, 1.807) is 18.3 Å². The molecular formula is C26H31N6OPS. The van der Waals surface area contributed by atoms with Gasteiger partial charge >= 0.3 is 0 Å². The highest BCUT2D eigenvalue weighted by Crippen LogP contribution is 2.51. The largest absolute Gasteiger partial charge is 0.419 e. The molecule has 1 unspecified atom stereocenters. The van der Waals surface area contributed by atoms with Crippen LogP contribution in [-0.2, 0) is 11.3 Å². The van der Waals surface area contributed by atoms with Crippen molar-refractivity contribution >= 4 is 41.4 Å². The zero-order valence-corrected chi connectivity index (χ0v) is 21.8. The Morgan fingerprint density at radius 2 is 1.77 bits per heavy atom. The van der Waals surface area contributed by atoms with Gasteiger partial charge in [-0.15, -0.1) is 11.4 Å². The van der Waals surface area contributed by atoms with E-state index in [9.17, 15) is 0 Å². The fourth-order valence-electron chi connectivity index (χ4n) is 4.01. The van der Waals surface area contributed by atoms with E-state index in [0.29, 0.717) is 11.3 Å². The molecular weight excluding hydrogens is 475 g/mol. The van der Waals surface area contributed by atoms with E-state index < -0.39 is 0 Å². The van der Waals surface area contributed by atoms with Crippen LogP contribution in [0.2, 0.25) is 0 Å². The number of ether oxygens (including phenoxy) is 1. The lowest BCUT2D eigenvalue weighted by molar-refractivity contribution is 0.536. The Morgan fingerprint density at radius 3 is 2.43 bits per heavy atom. The standard InChI is InChI=1S/C26H31N6OPS/c1-30-15-17-7-9-19(10-8-17)25(28)33-26(29)23-24(27)31-16-22(32-23)18-11-13-20(14-12-18)34(2)35-21-5-3-4-6-21/h7-14,16,21,28-30H,3-6,15H2,1-2H3,(H2,27,31). The highest BCUT2D eigenvalue weighted by atomic mass is 32.7. The molecule has 7 nitrogen and oxygen atoms in total. The summed E-state index contributed by atoms with van der Waals surface area (Å²) in [6.07, 6.45) is 7.01. The third kappa shape index (κ3) is 6.45. The first-order chi connectivity index (χ1) is 16.9. The van der Waals surface area contributed by atoms with E-state index in [0.717, 1.165) is 22.9 Å². The van der Waals surface area contributed by atoms with Crippen molar-refractivity contribution in [2.45, 2.75) is 37.5 Å². The van der Waals surface area contributed by atoms with Crippen LogP contribution < -0.4 is 16.4 Å². The smallest absolute Gasteiger partial charge is 0.243 e. The second-order valence-electron chi connectivity index (χ2n) is 8.53. The van der Waals surface area contributed by atoms with Gasteiger partial charge in [-0.2, -0.15) is 0 Å². The number of nitrogen functional groups attached to an aromatic ring is 1. The third-order valence-electron chi connectivity index (χ3n) is 5.95. The van der Waals surface area contributed by atoms with Crippen LogP contribution in [0.3, 0.4) is 0 Å². The van der Waals surface area contributed by atoms with Crippen molar-refractivity contribution in [3.05, 3.63) is 71.5 Å². The molecule has 1 saturated carbocycles. The van der Waals surface area contributed by atoms with Crippen LogP contribution in [-0.4, -0.2) is 40.7 Å². The highest BCUT2D eigenvalue weighted by Gasteiger charge is 2.20. The molecule has 1 fully saturated rings. The van der Waals surface area contributed by atoms with Crippen molar-refractivity contribution in [1.29, 1.82) is 10.8 Å². The zero-order chi connectivity index (χ0) is 24.8. The van der Waals surface area contributed by atoms with Gasteiger partial charge in [0.25, 0.3) is 0 Å². The quantitative estimate of drug-likeness (QED) is 0.191. The minimum Gasteiger partial charge on any atom is -0.419 e. The van der Waals surface area contributed by atoms with Crippen LogP contribution in [0.1, 0.15) is 42.5 Å². The minimum absolute atomic E-state index is 0.0950. The molecule has 3 aromatic rings. The van der Waals surface area contributed by atoms with Crippen molar-refractivity contribution in [3.63, 3.8) is 0 Å². The average Bonchev–Trinajstić information content (AvgIpc) is 3.38. The summed E-state index contributed by atoms with van der Waals surface area (Å²) in [5.41, 5.74) is 9.31. The molecule has 0 spiro atoms. The van der Waals surface area contributed by atoms with Gasteiger partial charge in [-0.3, -0.25) is 10.8 Å². The number of nitrogens with two attached hydrogens (primary N) is 1. The lowest BCUT2D eigenvalue weighted by atomic mass is 10.1. The Labute approximate surface area is 211 Å². The molecule has 1 aromatic heterocycles. The third-order valence-corrected chi connectivity index (χ3v) is 10.5. The van der Waals surface area contributed by atoms with Crippen molar-refractivity contribution in [1.82, 2.24) is 15.3 Å². The molecule has 0 bridgehead atoms. The molecule has 1 heterocycles. The molecule has 0 amide bonds. The number of nitrogens with zero attached hydrogens (tertiary/aromatic N) is 2. The van der Waals surface area contributed by atoms with Crippen molar-refractivity contribution < 1.29 is 4.74 Å². The van der Waals surface area contributed by atoms with Gasteiger partial charge in [0.2, 0.25) is 11.8 Å². The number of nitrogens with one attached hydrogen (secondary N) is 3. The van der Waals surface area contributed by atoms with Crippen LogP contribution in [0.4, 0.5) is 5.82 Å². The molecule has 1 aliphatic carbocycles. The summed E-state index contributed by atoms with van der Waals surface area (Å²) in [6, 6.07) is 15.8. The Kier molecular flexibility index (Phi) is 8.50. The first kappa shape index (κ1) is 25.3. The lowest BCUT2D eigenvalue weighted by Crippen LogP contribution is -2.17. The van der Waals surface area contributed by atoms with Crippen LogP contribution >= 0.6 is 18.5 Å². The fourth-order valence-corrected chi connectivity index (χ4v) is 8.40. The van der Waals surface area contributed by atoms with Crippen molar-refractivity contribution in [2.24, 2.45) is 0 Å². The zero-order valence-electron chi connectivity index (χ0n) is 20.0. The van der Waals surface area contributed by atoms with Gasteiger partial charge in [0, 0.05) is 22.9 Å². The number of anilines is 1. The predicted octanol–water partition coefficient (Wildman–Crippen LogP) is 5.14.